The molecule has 26 heavy (non-hydrogen) atoms. The van der Waals surface area contributed by atoms with Gasteiger partial charge in [0.15, 0.2) is 0 Å². The van der Waals surface area contributed by atoms with Gasteiger partial charge in [0.1, 0.15) is 0 Å². The van der Waals surface area contributed by atoms with Crippen LogP contribution in [0.4, 0.5) is 13.2 Å². The van der Waals surface area contributed by atoms with Gasteiger partial charge in [0.25, 0.3) is 0 Å². The van der Waals surface area contributed by atoms with Crippen molar-refractivity contribution in [2.24, 2.45) is 0 Å². The van der Waals surface area contributed by atoms with E-state index in [4.69, 9.17) is 4.11 Å². The highest BCUT2D eigenvalue weighted by atomic mass is 19.4. The maximum absolute atomic E-state index is 12.8. The van der Waals surface area contributed by atoms with E-state index in [1.54, 1.807) is 12.1 Å². The molecule has 136 valence electrons. The average molecular weight is 360 g/mol. The first-order valence-corrected chi connectivity index (χ1v) is 8.53. The summed E-state index contributed by atoms with van der Waals surface area (Å²) in [6, 6.07) is 17.6. The van der Waals surface area contributed by atoms with E-state index in [9.17, 15) is 13.2 Å². The van der Waals surface area contributed by atoms with Gasteiger partial charge in [-0.25, -0.2) is 0 Å². The number of hydrogen-bond acceptors (Lipinski definition) is 1. The smallest absolute Gasteiger partial charge is 0.310 e. The molecule has 3 aromatic rings. The van der Waals surface area contributed by atoms with Gasteiger partial charge in [-0.05, 0) is 54.2 Å². The van der Waals surface area contributed by atoms with Crippen molar-refractivity contribution < 1.29 is 17.3 Å². The summed E-state index contributed by atoms with van der Waals surface area (Å²) in [6.07, 6.45) is -3.41. The van der Waals surface area contributed by atoms with Gasteiger partial charge < -0.3 is 5.32 Å². The van der Waals surface area contributed by atoms with Crippen LogP contribution < -0.4 is 5.32 Å². The highest BCUT2D eigenvalue weighted by Crippen LogP contribution is 2.29. The first kappa shape index (κ1) is 14.8. The molecule has 3 aromatic carbocycles. The van der Waals surface area contributed by atoms with Gasteiger partial charge in [0.2, 0.25) is 0 Å². The van der Waals surface area contributed by atoms with Crippen LogP contribution in [0.15, 0.2) is 66.7 Å². The summed E-state index contributed by atoms with van der Waals surface area (Å²) in [7, 11) is 0. The molecule has 0 aliphatic heterocycles. The Morgan fingerprint density at radius 2 is 1.77 bits per heavy atom. The molecule has 1 unspecified atom stereocenters. The third-order valence-electron chi connectivity index (χ3n) is 4.38. The van der Waals surface area contributed by atoms with E-state index in [2.05, 4.69) is 5.32 Å². The Bertz CT molecular complexity index is 962. The summed E-state index contributed by atoms with van der Waals surface area (Å²) in [5, 5.41) is 4.94. The largest absolute Gasteiger partial charge is 0.416 e. The molecule has 0 saturated heterocycles. The molecule has 0 aliphatic carbocycles. The van der Waals surface area contributed by atoms with Gasteiger partial charge >= 0.3 is 6.18 Å². The topological polar surface area (TPSA) is 12.0 Å². The SMILES string of the molecule is [2H]C([2H])([2H])C(NCCCc1cccc(C(F)(F)F)c1)c1cccc2ccccc12. The van der Waals surface area contributed by atoms with Crippen LogP contribution in [0.3, 0.4) is 0 Å². The lowest BCUT2D eigenvalue weighted by Gasteiger charge is -2.17. The number of rotatable bonds is 6. The number of benzene rings is 3. The molecule has 4 heteroatoms. The molecule has 0 aliphatic rings. The monoisotopic (exact) mass is 360 g/mol. The summed E-state index contributed by atoms with van der Waals surface area (Å²) in [4.78, 5) is 0. The number of halogens is 3. The zero-order chi connectivity index (χ0) is 21.1. The summed E-state index contributed by atoms with van der Waals surface area (Å²) >= 11 is 0. The van der Waals surface area contributed by atoms with Crippen molar-refractivity contribution in [1.29, 1.82) is 0 Å². The van der Waals surface area contributed by atoms with E-state index in [0.717, 1.165) is 22.9 Å². The molecule has 0 amide bonds. The molecule has 1 atom stereocenters. The van der Waals surface area contributed by atoms with E-state index in [1.165, 1.54) is 6.07 Å². The molecular formula is C22H22F3N. The summed E-state index contributed by atoms with van der Waals surface area (Å²) < 4.78 is 62.3. The van der Waals surface area contributed by atoms with Crippen molar-refractivity contribution in [3.05, 3.63) is 83.4 Å². The second-order valence-electron chi connectivity index (χ2n) is 6.26. The predicted molar refractivity (Wildman–Crippen MR) is 100 cm³/mol. The fourth-order valence-electron chi connectivity index (χ4n) is 3.05. The number of aryl methyl sites for hydroxylation is 1. The molecular weight excluding hydrogens is 335 g/mol. The summed E-state index contributed by atoms with van der Waals surface area (Å²) in [6.45, 7) is -1.87. The van der Waals surface area contributed by atoms with Crippen molar-refractivity contribution >= 4 is 10.8 Å². The van der Waals surface area contributed by atoms with Gasteiger partial charge in [0.05, 0.1) is 5.56 Å². The third kappa shape index (κ3) is 4.44. The Morgan fingerprint density at radius 1 is 1.00 bits per heavy atom. The van der Waals surface area contributed by atoms with Crippen LogP contribution in [0.25, 0.3) is 10.8 Å². The molecule has 0 radical (unpaired) electrons. The second-order valence-corrected chi connectivity index (χ2v) is 6.26. The quantitative estimate of drug-likeness (QED) is 0.521. The van der Waals surface area contributed by atoms with Crippen molar-refractivity contribution in [2.75, 3.05) is 6.54 Å². The lowest BCUT2D eigenvalue weighted by Crippen LogP contribution is -2.20. The first-order chi connectivity index (χ1) is 13.7. The molecule has 1 nitrogen and oxygen atoms in total. The number of nitrogens with one attached hydrogen (secondary N) is 1. The Kier molecular flexibility index (Phi) is 4.51. The third-order valence-corrected chi connectivity index (χ3v) is 4.38. The second kappa shape index (κ2) is 7.92. The number of hydrogen-bond donors (Lipinski definition) is 1. The lowest BCUT2D eigenvalue weighted by molar-refractivity contribution is -0.137. The Labute approximate surface area is 156 Å². The van der Waals surface area contributed by atoms with Gasteiger partial charge in [0, 0.05) is 10.2 Å². The maximum Gasteiger partial charge on any atom is 0.416 e. The fraction of sp³-hybridized carbons (Fsp3) is 0.273. The molecule has 0 fully saturated rings. The van der Waals surface area contributed by atoms with Crippen LogP contribution in [0.2, 0.25) is 0 Å². The molecule has 0 spiro atoms. The van der Waals surface area contributed by atoms with Crippen molar-refractivity contribution in [1.82, 2.24) is 5.32 Å². The molecule has 0 aromatic heterocycles. The summed E-state index contributed by atoms with van der Waals surface area (Å²) in [5.74, 6) is 0. The predicted octanol–water partition coefficient (Wildman–Crippen LogP) is 6.14. The summed E-state index contributed by atoms with van der Waals surface area (Å²) in [5.41, 5.74) is 0.610. The van der Waals surface area contributed by atoms with E-state index < -0.39 is 24.6 Å². The molecule has 0 bridgehead atoms. The molecule has 0 saturated carbocycles. The Hall–Kier alpha value is -2.33. The first-order valence-electron chi connectivity index (χ1n) is 10.0. The van der Waals surface area contributed by atoms with E-state index >= 15 is 0 Å². The van der Waals surface area contributed by atoms with Crippen molar-refractivity contribution in [2.45, 2.75) is 31.9 Å². The Balaban J connectivity index is 1.70. The van der Waals surface area contributed by atoms with Gasteiger partial charge in [-0.3, -0.25) is 0 Å². The molecule has 3 rings (SSSR count). The normalized spacial score (nSPS) is 15.3. The number of alkyl halides is 3. The molecule has 1 N–H and O–H groups in total. The minimum atomic E-state index is -4.37. The van der Waals surface area contributed by atoms with Crippen LogP contribution in [-0.2, 0) is 12.6 Å². The van der Waals surface area contributed by atoms with Gasteiger partial charge in [-0.15, -0.1) is 0 Å². The van der Waals surface area contributed by atoms with Crippen molar-refractivity contribution in [3.8, 4) is 0 Å². The standard InChI is InChI=1S/C22H22F3N/c1-16(20-13-5-10-18-9-2-3-12-21(18)20)26-14-6-8-17-7-4-11-19(15-17)22(23,24)25/h2-5,7,9-13,15-16,26H,6,8,14H2,1H3/i1D3. The van der Waals surface area contributed by atoms with Crippen LogP contribution in [0.5, 0.6) is 0 Å². The van der Waals surface area contributed by atoms with Gasteiger partial charge in [-0.1, -0.05) is 60.7 Å². The minimum absolute atomic E-state index is 0.378. The molecule has 0 heterocycles. The zero-order valence-corrected chi connectivity index (χ0v) is 14.2. The van der Waals surface area contributed by atoms with Crippen LogP contribution >= 0.6 is 0 Å². The lowest BCUT2D eigenvalue weighted by atomic mass is 9.99. The minimum Gasteiger partial charge on any atom is -0.310 e. The zero-order valence-electron chi connectivity index (χ0n) is 17.2. The van der Waals surface area contributed by atoms with E-state index in [0.29, 0.717) is 30.5 Å². The highest BCUT2D eigenvalue weighted by Gasteiger charge is 2.30. The average Bonchev–Trinajstić information content (AvgIpc) is 2.66. The van der Waals surface area contributed by atoms with E-state index in [1.807, 2.05) is 36.4 Å². The van der Waals surface area contributed by atoms with Crippen LogP contribution in [0, 0.1) is 0 Å². The van der Waals surface area contributed by atoms with Gasteiger partial charge in [-0.2, -0.15) is 13.2 Å². The van der Waals surface area contributed by atoms with Crippen LogP contribution in [0.1, 0.15) is 40.1 Å². The fourth-order valence-corrected chi connectivity index (χ4v) is 3.05. The van der Waals surface area contributed by atoms with Crippen LogP contribution in [-0.4, -0.2) is 6.54 Å². The highest BCUT2D eigenvalue weighted by molar-refractivity contribution is 5.86. The number of fused-ring (bicyclic) bond motifs is 1. The van der Waals surface area contributed by atoms with Crippen molar-refractivity contribution in [3.63, 3.8) is 0 Å². The maximum atomic E-state index is 12.8. The van der Waals surface area contributed by atoms with E-state index in [-0.39, 0.29) is 0 Å². The Morgan fingerprint density at radius 3 is 2.58 bits per heavy atom.